The Labute approximate surface area is 169 Å². The third-order valence-corrected chi connectivity index (χ3v) is 4.68. The summed E-state index contributed by atoms with van der Waals surface area (Å²) in [6, 6.07) is 17.3. The van der Waals surface area contributed by atoms with Crippen LogP contribution in [0.5, 0.6) is 11.5 Å². The standard InChI is InChI=1S/C23H24N2O4/c1-15-11-20(28-2)21(29-3)13-19(15)25-23(27)14-24-22(26)12-17-9-6-8-16-7-4-5-10-18(16)17/h4-11,13H,12,14H2,1-3H3,(H,24,26)(H,25,27). The fourth-order valence-electron chi connectivity index (χ4n) is 3.17. The Hall–Kier alpha value is -3.54. The predicted octanol–water partition coefficient (Wildman–Crippen LogP) is 3.46. The zero-order chi connectivity index (χ0) is 20.8. The first-order valence-corrected chi connectivity index (χ1v) is 9.27. The molecular weight excluding hydrogens is 368 g/mol. The molecule has 0 aliphatic carbocycles. The molecule has 6 heteroatoms. The van der Waals surface area contributed by atoms with Crippen molar-refractivity contribution >= 4 is 28.3 Å². The summed E-state index contributed by atoms with van der Waals surface area (Å²) in [5, 5.41) is 7.60. The molecule has 0 radical (unpaired) electrons. The van der Waals surface area contributed by atoms with Crippen LogP contribution in [0, 0.1) is 6.92 Å². The van der Waals surface area contributed by atoms with E-state index in [1.54, 1.807) is 19.2 Å². The molecule has 2 amide bonds. The summed E-state index contributed by atoms with van der Waals surface area (Å²) in [6.45, 7) is 1.74. The topological polar surface area (TPSA) is 76.7 Å². The first kappa shape index (κ1) is 20.2. The van der Waals surface area contributed by atoms with Crippen LogP contribution in [0.15, 0.2) is 54.6 Å². The minimum atomic E-state index is -0.313. The van der Waals surface area contributed by atoms with Crippen molar-refractivity contribution in [3.05, 3.63) is 65.7 Å². The normalized spacial score (nSPS) is 10.4. The van der Waals surface area contributed by atoms with Crippen molar-refractivity contribution in [2.75, 3.05) is 26.1 Å². The second-order valence-electron chi connectivity index (χ2n) is 6.66. The average molecular weight is 392 g/mol. The third kappa shape index (κ3) is 4.85. The third-order valence-electron chi connectivity index (χ3n) is 4.68. The number of rotatable bonds is 7. The minimum Gasteiger partial charge on any atom is -0.493 e. The number of aryl methyl sites for hydroxylation is 1. The smallest absolute Gasteiger partial charge is 0.243 e. The van der Waals surface area contributed by atoms with Gasteiger partial charge in [0.05, 0.1) is 27.2 Å². The molecule has 0 bridgehead atoms. The first-order valence-electron chi connectivity index (χ1n) is 9.27. The number of anilines is 1. The van der Waals surface area contributed by atoms with Crippen LogP contribution >= 0.6 is 0 Å². The second-order valence-corrected chi connectivity index (χ2v) is 6.66. The van der Waals surface area contributed by atoms with Crippen LogP contribution in [0.2, 0.25) is 0 Å². The van der Waals surface area contributed by atoms with E-state index in [-0.39, 0.29) is 24.8 Å². The van der Waals surface area contributed by atoms with Gasteiger partial charge in [-0.2, -0.15) is 0 Å². The number of methoxy groups -OCH3 is 2. The Morgan fingerprint density at radius 2 is 1.59 bits per heavy atom. The molecule has 3 aromatic rings. The summed E-state index contributed by atoms with van der Waals surface area (Å²) in [5.74, 6) is 0.590. The SMILES string of the molecule is COc1cc(C)c(NC(=O)CNC(=O)Cc2cccc3ccccc23)cc1OC. The lowest BCUT2D eigenvalue weighted by atomic mass is 10.0. The molecule has 29 heavy (non-hydrogen) atoms. The van der Waals surface area contributed by atoms with Crippen molar-refractivity contribution in [2.45, 2.75) is 13.3 Å². The first-order chi connectivity index (χ1) is 14.0. The maximum Gasteiger partial charge on any atom is 0.243 e. The summed E-state index contributed by atoms with van der Waals surface area (Å²) < 4.78 is 10.5. The van der Waals surface area contributed by atoms with Gasteiger partial charge in [0.2, 0.25) is 11.8 Å². The summed E-state index contributed by atoms with van der Waals surface area (Å²) >= 11 is 0. The van der Waals surface area contributed by atoms with Gasteiger partial charge in [0.1, 0.15) is 0 Å². The van der Waals surface area contributed by atoms with Crippen LogP contribution in [-0.2, 0) is 16.0 Å². The summed E-state index contributed by atoms with van der Waals surface area (Å²) in [6.07, 6.45) is 0.212. The summed E-state index contributed by atoms with van der Waals surface area (Å²) in [7, 11) is 3.09. The van der Waals surface area contributed by atoms with Gasteiger partial charge in [-0.25, -0.2) is 0 Å². The van der Waals surface area contributed by atoms with Gasteiger partial charge < -0.3 is 20.1 Å². The predicted molar refractivity (Wildman–Crippen MR) is 114 cm³/mol. The van der Waals surface area contributed by atoms with Gasteiger partial charge in [0, 0.05) is 11.8 Å². The Morgan fingerprint density at radius 3 is 2.34 bits per heavy atom. The van der Waals surface area contributed by atoms with E-state index in [0.717, 1.165) is 21.9 Å². The molecular formula is C23H24N2O4. The highest BCUT2D eigenvalue weighted by Gasteiger charge is 2.12. The lowest BCUT2D eigenvalue weighted by Gasteiger charge is -2.14. The van der Waals surface area contributed by atoms with Crippen molar-refractivity contribution in [3.63, 3.8) is 0 Å². The van der Waals surface area contributed by atoms with Crippen LogP contribution < -0.4 is 20.1 Å². The van der Waals surface area contributed by atoms with Gasteiger partial charge in [0.15, 0.2) is 11.5 Å². The number of hydrogen-bond donors (Lipinski definition) is 2. The largest absolute Gasteiger partial charge is 0.493 e. The van der Waals surface area contributed by atoms with Crippen molar-refractivity contribution in [3.8, 4) is 11.5 Å². The molecule has 0 atom stereocenters. The Morgan fingerprint density at radius 1 is 0.897 bits per heavy atom. The summed E-state index contributed by atoms with van der Waals surface area (Å²) in [5.41, 5.74) is 2.37. The van der Waals surface area contributed by atoms with E-state index >= 15 is 0 Å². The zero-order valence-electron chi connectivity index (χ0n) is 16.7. The highest BCUT2D eigenvalue weighted by molar-refractivity contribution is 5.96. The van der Waals surface area contributed by atoms with Gasteiger partial charge in [-0.3, -0.25) is 9.59 Å². The van der Waals surface area contributed by atoms with E-state index in [0.29, 0.717) is 17.2 Å². The fraction of sp³-hybridized carbons (Fsp3) is 0.217. The molecule has 0 heterocycles. The minimum absolute atomic E-state index is 0.114. The number of carbonyl (C=O) groups excluding carboxylic acids is 2. The molecule has 6 nitrogen and oxygen atoms in total. The molecule has 3 rings (SSSR count). The maximum absolute atomic E-state index is 12.3. The molecule has 0 saturated heterocycles. The van der Waals surface area contributed by atoms with E-state index in [2.05, 4.69) is 10.6 Å². The highest BCUT2D eigenvalue weighted by Crippen LogP contribution is 2.32. The number of amides is 2. The van der Waals surface area contributed by atoms with Crippen molar-refractivity contribution in [1.82, 2.24) is 5.32 Å². The Kier molecular flexibility index (Phi) is 6.34. The molecule has 0 saturated carbocycles. The quantitative estimate of drug-likeness (QED) is 0.646. The zero-order valence-corrected chi connectivity index (χ0v) is 16.7. The number of fused-ring (bicyclic) bond motifs is 1. The van der Waals surface area contributed by atoms with Crippen molar-refractivity contribution < 1.29 is 19.1 Å². The fourth-order valence-corrected chi connectivity index (χ4v) is 3.17. The van der Waals surface area contributed by atoms with E-state index < -0.39 is 0 Å². The number of hydrogen-bond acceptors (Lipinski definition) is 4. The van der Waals surface area contributed by atoms with Crippen LogP contribution in [0.25, 0.3) is 10.8 Å². The molecule has 0 aliphatic rings. The van der Waals surface area contributed by atoms with Crippen molar-refractivity contribution in [2.24, 2.45) is 0 Å². The van der Waals surface area contributed by atoms with E-state index in [1.165, 1.54) is 7.11 Å². The van der Waals surface area contributed by atoms with Crippen molar-refractivity contribution in [1.29, 1.82) is 0 Å². The molecule has 3 aromatic carbocycles. The number of carbonyl (C=O) groups is 2. The molecule has 150 valence electrons. The molecule has 0 fully saturated rings. The number of benzene rings is 3. The lowest BCUT2D eigenvalue weighted by Crippen LogP contribution is -2.34. The number of nitrogens with one attached hydrogen (secondary N) is 2. The van der Waals surface area contributed by atoms with E-state index in [9.17, 15) is 9.59 Å². The van der Waals surface area contributed by atoms with Gasteiger partial charge in [-0.15, -0.1) is 0 Å². The van der Waals surface area contributed by atoms with Crippen LogP contribution in [0.3, 0.4) is 0 Å². The van der Waals surface area contributed by atoms with Gasteiger partial charge >= 0.3 is 0 Å². The van der Waals surface area contributed by atoms with Gasteiger partial charge in [-0.1, -0.05) is 42.5 Å². The molecule has 0 aliphatic heterocycles. The monoisotopic (exact) mass is 392 g/mol. The summed E-state index contributed by atoms with van der Waals surface area (Å²) in [4.78, 5) is 24.6. The Balaban J connectivity index is 1.60. The van der Waals surface area contributed by atoms with E-state index in [1.807, 2.05) is 49.4 Å². The second kappa shape index (κ2) is 9.10. The molecule has 0 aromatic heterocycles. The van der Waals surface area contributed by atoms with Gasteiger partial charge in [-0.05, 0) is 34.9 Å². The van der Waals surface area contributed by atoms with Gasteiger partial charge in [0.25, 0.3) is 0 Å². The highest BCUT2D eigenvalue weighted by atomic mass is 16.5. The van der Waals surface area contributed by atoms with E-state index in [4.69, 9.17) is 9.47 Å². The lowest BCUT2D eigenvalue weighted by molar-refractivity contribution is -0.123. The van der Waals surface area contributed by atoms with Crippen LogP contribution in [0.1, 0.15) is 11.1 Å². The average Bonchev–Trinajstić information content (AvgIpc) is 2.73. The maximum atomic E-state index is 12.3. The molecule has 0 spiro atoms. The molecule has 2 N–H and O–H groups in total. The van der Waals surface area contributed by atoms with Crippen LogP contribution in [-0.4, -0.2) is 32.6 Å². The number of ether oxygens (including phenoxy) is 2. The molecule has 0 unspecified atom stereocenters. The van der Waals surface area contributed by atoms with Crippen LogP contribution in [0.4, 0.5) is 5.69 Å². The Bertz CT molecular complexity index is 1040.